The SMILES string of the molecule is CC(C)Oc1ccc(S(N)(=O)=O)cc1Nc1nc(-c2ccc(N3CCNCC3)c(Br)c2)cs1.O=C(O)C(F)(F)F. The summed E-state index contributed by atoms with van der Waals surface area (Å²) in [5.41, 5.74) is 3.47. The van der Waals surface area contributed by atoms with Gasteiger partial charge in [0.05, 0.1) is 28.1 Å². The fourth-order valence-corrected chi connectivity index (χ4v) is 5.45. The second-order valence-corrected chi connectivity index (χ2v) is 12.0. The van der Waals surface area contributed by atoms with Gasteiger partial charge in [0.1, 0.15) is 5.75 Å². The molecule has 0 bridgehead atoms. The maximum atomic E-state index is 11.8. The Morgan fingerprint density at radius 2 is 1.88 bits per heavy atom. The van der Waals surface area contributed by atoms with Crippen molar-refractivity contribution in [2.45, 2.75) is 31.0 Å². The molecule has 0 atom stereocenters. The van der Waals surface area contributed by atoms with Gasteiger partial charge in [0.15, 0.2) is 5.13 Å². The van der Waals surface area contributed by atoms with E-state index in [1.165, 1.54) is 29.2 Å². The molecule has 1 aromatic heterocycles. The minimum Gasteiger partial charge on any atom is -0.489 e. The predicted molar refractivity (Wildman–Crippen MR) is 151 cm³/mol. The van der Waals surface area contributed by atoms with Gasteiger partial charge in [-0.3, -0.25) is 0 Å². The second kappa shape index (κ2) is 13.2. The first-order chi connectivity index (χ1) is 18.6. The van der Waals surface area contributed by atoms with Gasteiger partial charge < -0.3 is 25.4 Å². The standard InChI is InChI=1S/C22H26BrN5O3S2.C2HF3O2/c1-14(2)31-21-6-4-16(33(24,29)30)12-18(21)26-22-27-19(13-32-22)15-3-5-20(17(23)11-15)28-9-7-25-8-10-28;3-2(4,5)1(6)7/h3-6,11-14,25H,7-10H2,1-2H3,(H,26,27)(H2,24,29,30);(H,6,7). The molecule has 2 aromatic carbocycles. The van der Waals surface area contributed by atoms with Crippen molar-refractivity contribution in [3.8, 4) is 17.0 Å². The molecular formula is C24H27BrF3N5O5S2. The first-order valence-corrected chi connectivity index (χ1v) is 15.0. The van der Waals surface area contributed by atoms with Crippen molar-refractivity contribution in [1.82, 2.24) is 10.3 Å². The highest BCUT2D eigenvalue weighted by Crippen LogP contribution is 2.36. The molecule has 16 heteroatoms. The topological polar surface area (TPSA) is 147 Å². The summed E-state index contributed by atoms with van der Waals surface area (Å²) in [6.07, 6.45) is -5.16. The van der Waals surface area contributed by atoms with Crippen molar-refractivity contribution in [1.29, 1.82) is 0 Å². The second-order valence-electron chi connectivity index (χ2n) is 8.74. The number of nitrogens with two attached hydrogens (primary N) is 1. The molecule has 0 aliphatic carbocycles. The van der Waals surface area contributed by atoms with Crippen LogP contribution in [0.5, 0.6) is 5.75 Å². The lowest BCUT2D eigenvalue weighted by Crippen LogP contribution is -2.43. The number of ether oxygens (including phenoxy) is 1. The maximum absolute atomic E-state index is 11.8. The summed E-state index contributed by atoms with van der Waals surface area (Å²) in [4.78, 5) is 16.0. The Kier molecular flexibility index (Phi) is 10.4. The van der Waals surface area contributed by atoms with Gasteiger partial charge in [-0.1, -0.05) is 6.07 Å². The van der Waals surface area contributed by atoms with Gasteiger partial charge >= 0.3 is 12.1 Å². The molecule has 5 N–H and O–H groups in total. The van der Waals surface area contributed by atoms with Crippen molar-refractivity contribution < 1.29 is 36.2 Å². The summed E-state index contributed by atoms with van der Waals surface area (Å²) in [6.45, 7) is 7.71. The number of piperazine rings is 1. The molecule has 1 aliphatic heterocycles. The molecule has 0 radical (unpaired) electrons. The van der Waals surface area contributed by atoms with E-state index < -0.39 is 22.2 Å². The Morgan fingerprint density at radius 1 is 1.23 bits per heavy atom. The average molecular weight is 667 g/mol. The number of alkyl halides is 3. The quantitative estimate of drug-likeness (QED) is 0.280. The van der Waals surface area contributed by atoms with Gasteiger partial charge in [0.2, 0.25) is 10.0 Å². The molecule has 3 aromatic rings. The summed E-state index contributed by atoms with van der Waals surface area (Å²) in [7, 11) is -3.84. The number of hydrogen-bond donors (Lipinski definition) is 4. The van der Waals surface area contributed by atoms with Crippen molar-refractivity contribution >= 4 is 59.8 Å². The molecule has 1 aliphatic rings. The molecule has 0 unspecified atom stereocenters. The Bertz CT molecular complexity index is 1440. The van der Waals surface area contributed by atoms with E-state index in [4.69, 9.17) is 24.8 Å². The average Bonchev–Trinajstić information content (AvgIpc) is 3.33. The number of carbonyl (C=O) groups is 1. The van der Waals surface area contributed by atoms with Crippen LogP contribution < -0.4 is 25.4 Å². The molecule has 1 saturated heterocycles. The zero-order chi connectivity index (χ0) is 29.7. The zero-order valence-electron chi connectivity index (χ0n) is 21.3. The number of carboxylic acids is 1. The van der Waals surface area contributed by atoms with Crippen LogP contribution in [0.15, 0.2) is 51.1 Å². The van der Waals surface area contributed by atoms with Crippen molar-refractivity contribution in [3.63, 3.8) is 0 Å². The number of aromatic nitrogens is 1. The van der Waals surface area contributed by atoms with Crippen LogP contribution in [0, 0.1) is 0 Å². The van der Waals surface area contributed by atoms with Crippen LogP contribution in [0.1, 0.15) is 13.8 Å². The molecule has 2 heterocycles. The van der Waals surface area contributed by atoms with Gasteiger partial charge in [-0.15, -0.1) is 11.3 Å². The smallest absolute Gasteiger partial charge is 0.489 e. The Hall–Kier alpha value is -2.92. The van der Waals surface area contributed by atoms with E-state index in [0.29, 0.717) is 16.6 Å². The number of aliphatic carboxylic acids is 1. The van der Waals surface area contributed by atoms with Gasteiger partial charge in [-0.25, -0.2) is 23.3 Å². The minimum atomic E-state index is -5.08. The number of benzene rings is 2. The van der Waals surface area contributed by atoms with Gasteiger partial charge in [-0.05, 0) is 60.1 Å². The number of nitrogens with zero attached hydrogens (tertiary/aromatic N) is 2. The van der Waals surface area contributed by atoms with Crippen LogP contribution in [0.3, 0.4) is 0 Å². The number of nitrogens with one attached hydrogen (secondary N) is 2. The lowest BCUT2D eigenvalue weighted by molar-refractivity contribution is -0.192. The first kappa shape index (κ1) is 31.6. The van der Waals surface area contributed by atoms with Gasteiger partial charge in [0.25, 0.3) is 0 Å². The number of thiazole rings is 1. The van der Waals surface area contributed by atoms with Crippen molar-refractivity contribution in [3.05, 3.63) is 46.3 Å². The molecule has 10 nitrogen and oxygen atoms in total. The van der Waals surface area contributed by atoms with Gasteiger partial charge in [-0.2, -0.15) is 13.2 Å². The predicted octanol–water partition coefficient (Wildman–Crippen LogP) is 4.79. The fraction of sp³-hybridized carbons (Fsp3) is 0.333. The van der Waals surface area contributed by atoms with Crippen LogP contribution in [0.25, 0.3) is 11.3 Å². The van der Waals surface area contributed by atoms with E-state index in [1.807, 2.05) is 19.2 Å². The van der Waals surface area contributed by atoms with Gasteiger partial charge in [0, 0.05) is 41.6 Å². The molecule has 4 rings (SSSR count). The van der Waals surface area contributed by atoms with Crippen molar-refractivity contribution in [2.24, 2.45) is 5.14 Å². The number of hydrogen-bond acceptors (Lipinski definition) is 9. The highest BCUT2D eigenvalue weighted by molar-refractivity contribution is 9.10. The molecule has 218 valence electrons. The molecule has 0 spiro atoms. The van der Waals surface area contributed by atoms with Crippen LogP contribution >= 0.6 is 27.3 Å². The Labute approximate surface area is 241 Å². The molecule has 0 amide bonds. The minimum absolute atomic E-state index is 0.00492. The third-order valence-electron chi connectivity index (χ3n) is 5.33. The largest absolute Gasteiger partial charge is 0.490 e. The van der Waals surface area contributed by atoms with E-state index in [9.17, 15) is 21.6 Å². The maximum Gasteiger partial charge on any atom is 0.490 e. The highest BCUT2D eigenvalue weighted by Gasteiger charge is 2.38. The van der Waals surface area contributed by atoms with E-state index in [-0.39, 0.29) is 11.0 Å². The number of primary sulfonamides is 1. The third kappa shape index (κ3) is 8.79. The Morgan fingerprint density at radius 3 is 2.42 bits per heavy atom. The first-order valence-electron chi connectivity index (χ1n) is 11.8. The third-order valence-corrected chi connectivity index (χ3v) is 7.64. The summed E-state index contributed by atoms with van der Waals surface area (Å²) in [5, 5.41) is 21.6. The summed E-state index contributed by atoms with van der Waals surface area (Å²) in [5.74, 6) is -2.23. The van der Waals surface area contributed by atoms with Crippen molar-refractivity contribution in [2.75, 3.05) is 36.4 Å². The fourth-order valence-electron chi connectivity index (χ4n) is 3.55. The molecular weight excluding hydrogens is 639 g/mol. The molecule has 1 fully saturated rings. The van der Waals surface area contributed by atoms with E-state index >= 15 is 0 Å². The number of halogens is 4. The highest BCUT2D eigenvalue weighted by atomic mass is 79.9. The van der Waals surface area contributed by atoms with E-state index in [0.717, 1.165) is 41.9 Å². The van der Waals surface area contributed by atoms with E-state index in [2.05, 4.69) is 49.7 Å². The number of sulfonamides is 1. The number of anilines is 3. The molecule has 0 saturated carbocycles. The van der Waals surface area contributed by atoms with E-state index in [1.54, 1.807) is 6.07 Å². The summed E-state index contributed by atoms with van der Waals surface area (Å²) >= 11 is 5.14. The van der Waals surface area contributed by atoms with Crippen LogP contribution in [-0.2, 0) is 14.8 Å². The number of rotatable bonds is 7. The zero-order valence-corrected chi connectivity index (χ0v) is 24.5. The Balaban J connectivity index is 0.000000559. The molecule has 40 heavy (non-hydrogen) atoms. The van der Waals surface area contributed by atoms with Crippen LogP contribution in [0.4, 0.5) is 29.7 Å². The summed E-state index contributed by atoms with van der Waals surface area (Å²) in [6, 6.07) is 10.8. The van der Waals surface area contributed by atoms with Crippen LogP contribution in [-0.4, -0.2) is 62.9 Å². The number of carboxylic acid groups (broad SMARTS) is 1. The van der Waals surface area contributed by atoms with Crippen LogP contribution in [0.2, 0.25) is 0 Å². The monoisotopic (exact) mass is 665 g/mol. The normalized spacial score (nSPS) is 13.9. The summed E-state index contributed by atoms with van der Waals surface area (Å²) < 4.78 is 62.2. The lowest BCUT2D eigenvalue weighted by Gasteiger charge is -2.30. The lowest BCUT2D eigenvalue weighted by atomic mass is 10.1.